The maximum absolute atomic E-state index is 11.7. The number of hydrogen-bond donors (Lipinski definition) is 1. The second kappa shape index (κ2) is 10.1. The van der Waals surface area contributed by atoms with Crippen molar-refractivity contribution in [2.45, 2.75) is 40.0 Å². The van der Waals surface area contributed by atoms with Gasteiger partial charge in [0.25, 0.3) is 0 Å². The van der Waals surface area contributed by atoms with Crippen LogP contribution in [-0.4, -0.2) is 23.6 Å². The Labute approximate surface area is 167 Å². The summed E-state index contributed by atoms with van der Waals surface area (Å²) in [5, 5.41) is 10.0. The number of rotatable bonds is 9. The number of ether oxygens (including phenoxy) is 1. The fraction of sp³-hybridized carbons (Fsp3) is 0.429. The van der Waals surface area contributed by atoms with Crippen LogP contribution in [0.5, 0.6) is 11.5 Å². The third kappa shape index (κ3) is 6.24. The minimum atomic E-state index is -1.81. The highest BCUT2D eigenvalue weighted by Gasteiger charge is 2.18. The van der Waals surface area contributed by atoms with Crippen molar-refractivity contribution in [1.29, 1.82) is 0 Å². The second-order valence-electron chi connectivity index (χ2n) is 6.90. The molecule has 0 saturated heterocycles. The summed E-state index contributed by atoms with van der Waals surface area (Å²) in [6.45, 7) is 8.27. The molecule has 0 spiro atoms. The Bertz CT molecular complexity index is 782. The van der Waals surface area contributed by atoms with E-state index >= 15 is 0 Å². The van der Waals surface area contributed by atoms with E-state index in [1.807, 2.05) is 24.5 Å². The lowest BCUT2D eigenvalue weighted by Crippen LogP contribution is -2.00. The van der Waals surface area contributed by atoms with Crippen molar-refractivity contribution in [1.82, 2.24) is 0 Å². The Morgan fingerprint density at radius 3 is 2.41 bits per heavy atom. The molecule has 0 aliphatic carbocycles. The van der Waals surface area contributed by atoms with Crippen molar-refractivity contribution in [3.05, 3.63) is 58.1 Å². The quantitative estimate of drug-likeness (QED) is 0.400. The summed E-state index contributed by atoms with van der Waals surface area (Å²) >= 11 is 1.49. The van der Waals surface area contributed by atoms with Crippen molar-refractivity contribution in [3.8, 4) is 11.5 Å². The molecular weight excluding hydrogens is 379 g/mol. The third-order valence-electron chi connectivity index (χ3n) is 4.42. The topological polar surface area (TPSA) is 55.8 Å². The molecule has 2 aromatic rings. The van der Waals surface area contributed by atoms with E-state index in [0.717, 1.165) is 23.1 Å². The van der Waals surface area contributed by atoms with Crippen LogP contribution in [0, 0.1) is 13.8 Å². The van der Waals surface area contributed by atoms with E-state index in [-0.39, 0.29) is 12.3 Å². The van der Waals surface area contributed by atoms with Gasteiger partial charge in [0.1, 0.15) is 17.4 Å². The van der Waals surface area contributed by atoms with Gasteiger partial charge in [-0.1, -0.05) is 26.0 Å². The number of thioether (sulfide) groups is 1. The predicted molar refractivity (Wildman–Crippen MR) is 113 cm³/mol. The third-order valence-corrected chi connectivity index (χ3v) is 5.70. The number of aromatic hydroxyl groups is 1. The lowest BCUT2D eigenvalue weighted by atomic mass is 9.93. The Morgan fingerprint density at radius 2 is 1.81 bits per heavy atom. The van der Waals surface area contributed by atoms with Crippen LogP contribution in [0.3, 0.4) is 0 Å². The minimum Gasteiger partial charge on any atom is -0.508 e. The largest absolute Gasteiger partial charge is 0.550 e. The van der Waals surface area contributed by atoms with Gasteiger partial charge in [-0.05, 0) is 83.0 Å². The lowest BCUT2D eigenvalue weighted by molar-refractivity contribution is 0.332. The van der Waals surface area contributed by atoms with E-state index in [0.29, 0.717) is 17.4 Å². The monoisotopic (exact) mass is 407 g/mol. The molecule has 6 heteroatoms. The highest BCUT2D eigenvalue weighted by Crippen LogP contribution is 2.30. The molecule has 0 fully saturated rings. The first-order valence-electron chi connectivity index (χ1n) is 8.93. The van der Waals surface area contributed by atoms with Crippen LogP contribution in [0.2, 0.25) is 0 Å². The van der Waals surface area contributed by atoms with Crippen molar-refractivity contribution in [2.75, 3.05) is 18.5 Å². The Balaban J connectivity index is 2.13. The van der Waals surface area contributed by atoms with Gasteiger partial charge in [-0.2, -0.15) is 0 Å². The molecule has 0 saturated carbocycles. The van der Waals surface area contributed by atoms with E-state index in [4.69, 9.17) is 9.26 Å². The lowest BCUT2D eigenvalue weighted by Gasteiger charge is -2.14. The van der Waals surface area contributed by atoms with Gasteiger partial charge in [-0.3, -0.25) is 0 Å². The number of phenolic OH excluding ortho intramolecular Hbond substituents is 1. The molecule has 1 unspecified atom stereocenters. The second-order valence-corrected chi connectivity index (χ2v) is 8.90. The van der Waals surface area contributed by atoms with E-state index in [9.17, 15) is 9.67 Å². The highest BCUT2D eigenvalue weighted by atomic mass is 32.2. The molecule has 0 aromatic heterocycles. The maximum Gasteiger partial charge on any atom is 0.550 e. The molecule has 27 heavy (non-hydrogen) atoms. The molecule has 1 N–H and O–H groups in total. The van der Waals surface area contributed by atoms with Crippen LogP contribution in [0.1, 0.15) is 47.6 Å². The molecule has 0 amide bonds. The molecule has 0 aliphatic rings. The van der Waals surface area contributed by atoms with Gasteiger partial charge in [0, 0.05) is 0 Å². The summed E-state index contributed by atoms with van der Waals surface area (Å²) in [5.74, 6) is 1.74. The Hall–Kier alpha value is -1.55. The van der Waals surface area contributed by atoms with E-state index in [1.54, 1.807) is 6.07 Å². The summed E-state index contributed by atoms with van der Waals surface area (Å²) in [6.07, 6.45) is 2.75. The summed E-state index contributed by atoms with van der Waals surface area (Å²) in [7, 11) is -1.81. The summed E-state index contributed by atoms with van der Waals surface area (Å²) in [6, 6.07) is 9.78. The Morgan fingerprint density at radius 1 is 1.15 bits per heavy atom. The van der Waals surface area contributed by atoms with Gasteiger partial charge in [0.2, 0.25) is 0 Å². The maximum atomic E-state index is 11.7. The Kier molecular flexibility index (Phi) is 8.15. The highest BCUT2D eigenvalue weighted by molar-refractivity contribution is 7.98. The number of hydrogen-bond acceptors (Lipinski definition) is 5. The minimum absolute atomic E-state index is 0.0594. The zero-order valence-corrected chi connectivity index (χ0v) is 18.3. The van der Waals surface area contributed by atoms with E-state index < -0.39 is 8.03 Å². The number of benzene rings is 2. The molecule has 0 radical (unpaired) electrons. The van der Waals surface area contributed by atoms with Gasteiger partial charge in [-0.15, -0.1) is 16.3 Å². The number of aryl methyl sites for hydroxylation is 2. The summed E-state index contributed by atoms with van der Waals surface area (Å²) < 4.78 is 22.5. The normalized spacial score (nSPS) is 11.7. The zero-order valence-electron chi connectivity index (χ0n) is 16.6. The van der Waals surface area contributed by atoms with Gasteiger partial charge in [-0.25, -0.2) is 0 Å². The zero-order chi connectivity index (χ0) is 20.0. The van der Waals surface area contributed by atoms with Gasteiger partial charge < -0.3 is 9.84 Å². The van der Waals surface area contributed by atoms with Gasteiger partial charge in [0.15, 0.2) is 0 Å². The standard InChI is InChI=1S/C21H27O4PS/c1-14(2)19-10-17(6-7-21(19)22)11-20-15(3)8-18(9-16(20)4)24-12-26(23)25-13-27-5/h6-10,14H,11-13H2,1-5H3/p+1. The number of phenols is 1. The van der Waals surface area contributed by atoms with Crippen molar-refractivity contribution < 1.29 is 18.9 Å². The van der Waals surface area contributed by atoms with E-state index in [1.165, 1.54) is 22.9 Å². The molecule has 0 aliphatic heterocycles. The van der Waals surface area contributed by atoms with Crippen molar-refractivity contribution >= 4 is 19.8 Å². The van der Waals surface area contributed by atoms with Crippen LogP contribution in [-0.2, 0) is 15.5 Å². The fourth-order valence-electron chi connectivity index (χ4n) is 2.97. The average Bonchev–Trinajstić information content (AvgIpc) is 2.62. The fourth-order valence-corrected chi connectivity index (χ4v) is 4.19. The molecular formula is C21H28O4PS+. The molecule has 1 atom stereocenters. The predicted octanol–water partition coefficient (Wildman–Crippen LogP) is 6.14. The SMILES string of the molecule is CSCO[P+](=O)COc1cc(C)c(Cc2ccc(O)c(C(C)C)c2)c(C)c1. The first-order chi connectivity index (χ1) is 12.8. The first kappa shape index (κ1) is 21.7. The smallest absolute Gasteiger partial charge is 0.508 e. The summed E-state index contributed by atoms with van der Waals surface area (Å²) in [4.78, 5) is 0. The molecule has 0 heterocycles. The van der Waals surface area contributed by atoms with Crippen LogP contribution in [0.15, 0.2) is 30.3 Å². The molecule has 4 nitrogen and oxygen atoms in total. The van der Waals surface area contributed by atoms with Crippen LogP contribution < -0.4 is 4.74 Å². The molecule has 2 aromatic carbocycles. The van der Waals surface area contributed by atoms with E-state index in [2.05, 4.69) is 33.8 Å². The van der Waals surface area contributed by atoms with Crippen LogP contribution >= 0.6 is 19.8 Å². The van der Waals surface area contributed by atoms with Gasteiger partial charge >= 0.3 is 14.4 Å². The average molecular weight is 407 g/mol. The molecule has 146 valence electrons. The summed E-state index contributed by atoms with van der Waals surface area (Å²) in [5.41, 5.74) is 5.64. The van der Waals surface area contributed by atoms with Crippen LogP contribution in [0.25, 0.3) is 0 Å². The molecule has 2 rings (SSSR count). The first-order valence-corrected chi connectivity index (χ1v) is 11.7. The van der Waals surface area contributed by atoms with Gasteiger partial charge in [0.05, 0.1) is 0 Å². The van der Waals surface area contributed by atoms with Crippen LogP contribution in [0.4, 0.5) is 0 Å². The van der Waals surface area contributed by atoms with Crippen molar-refractivity contribution in [2.24, 2.45) is 0 Å². The van der Waals surface area contributed by atoms with Crippen molar-refractivity contribution in [3.63, 3.8) is 0 Å². The molecule has 0 bridgehead atoms.